The highest BCUT2D eigenvalue weighted by molar-refractivity contribution is 7.80. The van der Waals surface area contributed by atoms with Crippen molar-refractivity contribution < 1.29 is 19.1 Å². The first kappa shape index (κ1) is 27.3. The Morgan fingerprint density at radius 3 is 2.42 bits per heavy atom. The minimum Gasteiger partial charge on any atom is -0.466 e. The summed E-state index contributed by atoms with van der Waals surface area (Å²) in [4.78, 5) is 39.2. The first-order valence-electron chi connectivity index (χ1n) is 12.6. The molecule has 1 fully saturated rings. The van der Waals surface area contributed by atoms with E-state index in [9.17, 15) is 14.4 Å². The maximum atomic E-state index is 13.1. The minimum atomic E-state index is -0.418. The number of carbonyl (C=O) groups is 3. The van der Waals surface area contributed by atoms with Gasteiger partial charge in [-0.3, -0.25) is 14.4 Å². The molecule has 0 atom stereocenters. The minimum absolute atomic E-state index is 0.0267. The normalized spacial score (nSPS) is 13.5. The molecule has 0 heterocycles. The molecular formula is C28H35N3O4S. The molecule has 0 bridgehead atoms. The summed E-state index contributed by atoms with van der Waals surface area (Å²) in [5.74, 6) is -0.884. The number of anilines is 1. The van der Waals surface area contributed by atoms with Crippen molar-refractivity contribution in [2.45, 2.75) is 63.8 Å². The fourth-order valence-corrected chi connectivity index (χ4v) is 4.56. The van der Waals surface area contributed by atoms with Gasteiger partial charge < -0.3 is 20.3 Å². The van der Waals surface area contributed by atoms with Gasteiger partial charge in [-0.05, 0) is 55.6 Å². The number of amides is 2. The van der Waals surface area contributed by atoms with Crippen molar-refractivity contribution in [2.24, 2.45) is 0 Å². The quantitative estimate of drug-likeness (QED) is 0.270. The lowest BCUT2D eigenvalue weighted by molar-refractivity contribution is -0.145. The van der Waals surface area contributed by atoms with Crippen LogP contribution in [0, 0.1) is 0 Å². The van der Waals surface area contributed by atoms with Gasteiger partial charge in [-0.15, -0.1) is 0 Å². The SMILES string of the molecule is CN(C(=O)c1ccccc1NC(=S)NC(=O)CCC(=O)OCCCc1ccccc1)C1CCCCC1. The van der Waals surface area contributed by atoms with Crippen molar-refractivity contribution in [2.75, 3.05) is 19.0 Å². The number of hydrogen-bond donors (Lipinski definition) is 2. The van der Waals surface area contributed by atoms with Crippen LogP contribution in [-0.4, -0.2) is 47.5 Å². The second kappa shape index (κ2) is 14.3. The van der Waals surface area contributed by atoms with Crippen LogP contribution in [0.1, 0.15) is 67.3 Å². The largest absolute Gasteiger partial charge is 0.466 e. The number of esters is 1. The zero-order valence-corrected chi connectivity index (χ0v) is 21.6. The first-order valence-corrected chi connectivity index (χ1v) is 13.0. The lowest BCUT2D eigenvalue weighted by Crippen LogP contribution is -2.39. The molecule has 2 aromatic carbocycles. The first-order chi connectivity index (χ1) is 17.4. The van der Waals surface area contributed by atoms with Crippen molar-refractivity contribution in [3.63, 3.8) is 0 Å². The van der Waals surface area contributed by atoms with Gasteiger partial charge in [0.1, 0.15) is 0 Å². The molecule has 0 unspecified atom stereocenters. The maximum absolute atomic E-state index is 13.1. The van der Waals surface area contributed by atoms with Gasteiger partial charge >= 0.3 is 5.97 Å². The monoisotopic (exact) mass is 509 g/mol. The zero-order chi connectivity index (χ0) is 25.8. The summed E-state index contributed by atoms with van der Waals surface area (Å²) >= 11 is 5.28. The average molecular weight is 510 g/mol. The Morgan fingerprint density at radius 1 is 0.972 bits per heavy atom. The molecule has 3 rings (SSSR count). The molecule has 0 saturated heterocycles. The lowest BCUT2D eigenvalue weighted by atomic mass is 9.94. The molecule has 8 heteroatoms. The van der Waals surface area contributed by atoms with E-state index in [-0.39, 0.29) is 29.9 Å². The molecule has 1 aliphatic carbocycles. The van der Waals surface area contributed by atoms with Crippen LogP contribution in [0.5, 0.6) is 0 Å². The van der Waals surface area contributed by atoms with Crippen molar-refractivity contribution in [3.05, 3.63) is 65.7 Å². The topological polar surface area (TPSA) is 87.7 Å². The number of carbonyl (C=O) groups excluding carboxylic acids is 3. The number of rotatable bonds is 10. The highest BCUT2D eigenvalue weighted by Crippen LogP contribution is 2.25. The predicted octanol–water partition coefficient (Wildman–Crippen LogP) is 4.86. The van der Waals surface area contributed by atoms with Gasteiger partial charge in [-0.1, -0.05) is 61.7 Å². The molecule has 2 aromatic rings. The molecule has 36 heavy (non-hydrogen) atoms. The van der Waals surface area contributed by atoms with Gasteiger partial charge in [-0.2, -0.15) is 0 Å². The van der Waals surface area contributed by atoms with Crippen LogP contribution >= 0.6 is 12.2 Å². The summed E-state index contributed by atoms with van der Waals surface area (Å²) < 4.78 is 5.22. The number of benzene rings is 2. The highest BCUT2D eigenvalue weighted by atomic mass is 32.1. The van der Waals surface area contributed by atoms with E-state index in [1.807, 2.05) is 42.3 Å². The molecule has 0 aliphatic heterocycles. The van der Waals surface area contributed by atoms with Gasteiger partial charge in [0.25, 0.3) is 5.91 Å². The smallest absolute Gasteiger partial charge is 0.306 e. The Kier molecular flexibility index (Phi) is 10.9. The Hall–Kier alpha value is -3.26. The van der Waals surface area contributed by atoms with Crippen LogP contribution in [0.3, 0.4) is 0 Å². The third kappa shape index (κ3) is 8.75. The van der Waals surface area contributed by atoms with E-state index in [1.165, 1.54) is 12.0 Å². The number of nitrogens with zero attached hydrogens (tertiary/aromatic N) is 1. The standard InChI is InChI=1S/C28H35N3O4S/c1-31(22-14-6-3-7-15-22)27(34)23-16-8-9-17-24(23)29-28(36)30-25(32)18-19-26(33)35-20-10-13-21-11-4-2-5-12-21/h2,4-5,8-9,11-12,16-17,22H,3,6-7,10,13-15,18-20H2,1H3,(H2,29,30,32,36). The number of hydrogen-bond acceptors (Lipinski definition) is 5. The Bertz CT molecular complexity index is 1040. The van der Waals surface area contributed by atoms with Gasteiger partial charge in [0.05, 0.1) is 24.3 Å². The number of thiocarbonyl (C=S) groups is 1. The van der Waals surface area contributed by atoms with E-state index in [2.05, 4.69) is 10.6 Å². The van der Waals surface area contributed by atoms with E-state index in [4.69, 9.17) is 17.0 Å². The summed E-state index contributed by atoms with van der Waals surface area (Å²) in [6.45, 7) is 0.315. The average Bonchev–Trinajstić information content (AvgIpc) is 2.90. The Balaban J connectivity index is 1.40. The molecule has 0 aromatic heterocycles. The number of aryl methyl sites for hydroxylation is 1. The third-order valence-corrected chi connectivity index (χ3v) is 6.58. The summed E-state index contributed by atoms with van der Waals surface area (Å²) in [5.41, 5.74) is 2.23. The van der Waals surface area contributed by atoms with Crippen molar-refractivity contribution in [1.82, 2.24) is 10.2 Å². The summed E-state index contributed by atoms with van der Waals surface area (Å²) in [7, 11) is 1.84. The molecule has 0 radical (unpaired) electrons. The summed E-state index contributed by atoms with van der Waals surface area (Å²) in [6.07, 6.45) is 7.02. The van der Waals surface area contributed by atoms with E-state index in [0.717, 1.165) is 38.5 Å². The van der Waals surface area contributed by atoms with Crippen molar-refractivity contribution in [3.8, 4) is 0 Å². The fraction of sp³-hybridized carbons (Fsp3) is 0.429. The Morgan fingerprint density at radius 2 is 1.67 bits per heavy atom. The van der Waals surface area contributed by atoms with Gasteiger partial charge in [0, 0.05) is 19.5 Å². The number of nitrogens with one attached hydrogen (secondary N) is 2. The molecule has 1 saturated carbocycles. The van der Waals surface area contributed by atoms with Gasteiger partial charge in [-0.25, -0.2) is 0 Å². The number of ether oxygens (including phenoxy) is 1. The van der Waals surface area contributed by atoms with Crippen LogP contribution in [0.4, 0.5) is 5.69 Å². The molecular weight excluding hydrogens is 474 g/mol. The van der Waals surface area contributed by atoms with Crippen LogP contribution in [0.2, 0.25) is 0 Å². The predicted molar refractivity (Wildman–Crippen MR) is 145 cm³/mol. The summed E-state index contributed by atoms with van der Waals surface area (Å²) in [6, 6.07) is 17.3. The molecule has 7 nitrogen and oxygen atoms in total. The third-order valence-electron chi connectivity index (χ3n) is 6.37. The van der Waals surface area contributed by atoms with E-state index < -0.39 is 11.9 Å². The fourth-order valence-electron chi connectivity index (χ4n) is 4.34. The summed E-state index contributed by atoms with van der Waals surface area (Å²) in [5, 5.41) is 5.62. The van der Waals surface area contributed by atoms with Crippen molar-refractivity contribution >= 4 is 40.8 Å². The number of para-hydroxylation sites is 1. The highest BCUT2D eigenvalue weighted by Gasteiger charge is 2.24. The second-order valence-corrected chi connectivity index (χ2v) is 9.47. The zero-order valence-electron chi connectivity index (χ0n) is 20.8. The van der Waals surface area contributed by atoms with E-state index >= 15 is 0 Å². The van der Waals surface area contributed by atoms with E-state index in [0.29, 0.717) is 17.9 Å². The molecule has 2 N–H and O–H groups in total. The van der Waals surface area contributed by atoms with Crippen LogP contribution in [0.15, 0.2) is 54.6 Å². The van der Waals surface area contributed by atoms with Gasteiger partial charge in [0.2, 0.25) is 5.91 Å². The molecule has 1 aliphatic rings. The van der Waals surface area contributed by atoms with Crippen LogP contribution in [0.25, 0.3) is 0 Å². The molecule has 192 valence electrons. The molecule has 2 amide bonds. The van der Waals surface area contributed by atoms with Crippen molar-refractivity contribution in [1.29, 1.82) is 0 Å². The lowest BCUT2D eigenvalue weighted by Gasteiger charge is -2.31. The van der Waals surface area contributed by atoms with Gasteiger partial charge in [0.15, 0.2) is 5.11 Å². The maximum Gasteiger partial charge on any atom is 0.306 e. The second-order valence-electron chi connectivity index (χ2n) is 9.07. The molecule has 0 spiro atoms. The van der Waals surface area contributed by atoms with Crippen LogP contribution < -0.4 is 10.6 Å². The van der Waals surface area contributed by atoms with Crippen LogP contribution in [-0.2, 0) is 20.7 Å². The Labute approximate surface area is 218 Å². The van der Waals surface area contributed by atoms with E-state index in [1.54, 1.807) is 24.3 Å².